The fraction of sp³-hybridized carbons (Fsp3) is 0.294. The molecule has 2 rings (SSSR count). The van der Waals surface area contributed by atoms with E-state index in [1.807, 2.05) is 24.3 Å². The van der Waals surface area contributed by atoms with E-state index >= 15 is 0 Å². The molecule has 20 heavy (non-hydrogen) atoms. The van der Waals surface area contributed by atoms with Gasteiger partial charge in [-0.1, -0.05) is 19.1 Å². The van der Waals surface area contributed by atoms with Crippen molar-refractivity contribution in [2.45, 2.75) is 24.8 Å². The Morgan fingerprint density at radius 1 is 1.00 bits per heavy atom. The number of rotatable bonds is 6. The third kappa shape index (κ3) is 4.02. The summed E-state index contributed by atoms with van der Waals surface area (Å²) in [6.07, 6.45) is 2.07. The summed E-state index contributed by atoms with van der Waals surface area (Å²) in [7, 11) is 0. The lowest BCUT2D eigenvalue weighted by Gasteiger charge is -2.13. The number of nitrogens with one attached hydrogen (secondary N) is 1. The van der Waals surface area contributed by atoms with Gasteiger partial charge in [0.1, 0.15) is 11.5 Å². The Kier molecular flexibility index (Phi) is 5.50. The predicted octanol–water partition coefficient (Wildman–Crippen LogP) is 4.87. The zero-order chi connectivity index (χ0) is 14.4. The molecule has 0 heterocycles. The molecule has 3 heteroatoms. The van der Waals surface area contributed by atoms with Gasteiger partial charge in [0.15, 0.2) is 0 Å². The van der Waals surface area contributed by atoms with Gasteiger partial charge in [0, 0.05) is 10.9 Å². The summed E-state index contributed by atoms with van der Waals surface area (Å²) in [5.41, 5.74) is 1.27. The monoisotopic (exact) mass is 287 g/mol. The molecule has 0 aliphatic heterocycles. The number of ether oxygens (including phenoxy) is 1. The lowest BCUT2D eigenvalue weighted by Crippen LogP contribution is -2.17. The van der Waals surface area contributed by atoms with Crippen LogP contribution in [0.5, 0.6) is 11.5 Å². The average Bonchev–Trinajstić information content (AvgIpc) is 2.49. The standard InChI is InChI=1S/C17H21NOS/c1-4-18-13(2)14-5-7-15(8-6-14)19-16-9-11-17(20-3)12-10-16/h5-13,18H,4H2,1-3H3. The first-order valence-electron chi connectivity index (χ1n) is 6.88. The van der Waals surface area contributed by atoms with Crippen LogP contribution in [0.4, 0.5) is 0 Å². The molecular weight excluding hydrogens is 266 g/mol. The minimum Gasteiger partial charge on any atom is -0.457 e. The minimum absolute atomic E-state index is 0.370. The second-order valence-electron chi connectivity index (χ2n) is 4.63. The zero-order valence-corrected chi connectivity index (χ0v) is 13.0. The third-order valence-electron chi connectivity index (χ3n) is 3.19. The first-order valence-corrected chi connectivity index (χ1v) is 8.10. The average molecular weight is 287 g/mol. The van der Waals surface area contributed by atoms with Crippen molar-refractivity contribution in [3.63, 3.8) is 0 Å². The Bertz CT molecular complexity index is 522. The molecule has 0 aliphatic carbocycles. The molecule has 0 fully saturated rings. The maximum atomic E-state index is 5.84. The molecule has 0 saturated carbocycles. The molecular formula is C17H21NOS. The van der Waals surface area contributed by atoms with Crippen LogP contribution in [0.1, 0.15) is 25.5 Å². The molecule has 0 spiro atoms. The summed E-state index contributed by atoms with van der Waals surface area (Å²) in [4.78, 5) is 1.24. The molecule has 0 aliphatic rings. The van der Waals surface area contributed by atoms with Crippen LogP contribution in [0.15, 0.2) is 53.4 Å². The first-order chi connectivity index (χ1) is 9.72. The molecule has 0 amide bonds. The quantitative estimate of drug-likeness (QED) is 0.766. The van der Waals surface area contributed by atoms with Crippen LogP contribution in [-0.2, 0) is 0 Å². The van der Waals surface area contributed by atoms with Crippen molar-refractivity contribution in [1.82, 2.24) is 5.32 Å². The molecule has 2 aromatic rings. The molecule has 1 atom stereocenters. The molecule has 0 saturated heterocycles. The van der Waals surface area contributed by atoms with Crippen LogP contribution in [0.3, 0.4) is 0 Å². The van der Waals surface area contributed by atoms with Crippen molar-refractivity contribution < 1.29 is 4.74 Å². The Balaban J connectivity index is 2.02. The van der Waals surface area contributed by atoms with Crippen LogP contribution in [0.25, 0.3) is 0 Å². The molecule has 1 N–H and O–H groups in total. The summed E-state index contributed by atoms with van der Waals surface area (Å²) in [5, 5.41) is 3.40. The van der Waals surface area contributed by atoms with Gasteiger partial charge in [0.2, 0.25) is 0 Å². The number of hydrogen-bond donors (Lipinski definition) is 1. The Morgan fingerprint density at radius 3 is 2.05 bits per heavy atom. The highest BCUT2D eigenvalue weighted by molar-refractivity contribution is 7.98. The number of hydrogen-bond acceptors (Lipinski definition) is 3. The third-order valence-corrected chi connectivity index (χ3v) is 3.93. The van der Waals surface area contributed by atoms with E-state index in [1.165, 1.54) is 10.5 Å². The van der Waals surface area contributed by atoms with Crippen LogP contribution >= 0.6 is 11.8 Å². The molecule has 0 radical (unpaired) electrons. The smallest absolute Gasteiger partial charge is 0.127 e. The summed E-state index contributed by atoms with van der Waals surface area (Å²) >= 11 is 1.73. The van der Waals surface area contributed by atoms with Crippen molar-refractivity contribution in [3.8, 4) is 11.5 Å². The van der Waals surface area contributed by atoms with Gasteiger partial charge in [0.25, 0.3) is 0 Å². The van der Waals surface area contributed by atoms with Gasteiger partial charge in [-0.15, -0.1) is 11.8 Å². The lowest BCUT2D eigenvalue weighted by molar-refractivity contribution is 0.481. The van der Waals surface area contributed by atoms with E-state index in [1.54, 1.807) is 11.8 Å². The summed E-state index contributed by atoms with van der Waals surface area (Å²) in [6, 6.07) is 16.8. The fourth-order valence-electron chi connectivity index (χ4n) is 2.03. The minimum atomic E-state index is 0.370. The maximum Gasteiger partial charge on any atom is 0.127 e. The van der Waals surface area contributed by atoms with Crippen LogP contribution < -0.4 is 10.1 Å². The highest BCUT2D eigenvalue weighted by atomic mass is 32.2. The second-order valence-corrected chi connectivity index (χ2v) is 5.51. The Labute approximate surface area is 125 Å². The topological polar surface area (TPSA) is 21.3 Å². The van der Waals surface area contributed by atoms with Crippen molar-refractivity contribution in [3.05, 3.63) is 54.1 Å². The van der Waals surface area contributed by atoms with Crippen molar-refractivity contribution in [2.75, 3.05) is 12.8 Å². The van der Waals surface area contributed by atoms with Gasteiger partial charge in [-0.3, -0.25) is 0 Å². The Hall–Kier alpha value is -1.45. The largest absolute Gasteiger partial charge is 0.457 e. The van der Waals surface area contributed by atoms with Gasteiger partial charge in [-0.2, -0.15) is 0 Å². The van der Waals surface area contributed by atoms with Gasteiger partial charge < -0.3 is 10.1 Å². The van der Waals surface area contributed by atoms with Crippen molar-refractivity contribution in [2.24, 2.45) is 0 Å². The number of thioether (sulfide) groups is 1. The van der Waals surface area contributed by atoms with Crippen LogP contribution in [0.2, 0.25) is 0 Å². The van der Waals surface area contributed by atoms with Gasteiger partial charge >= 0.3 is 0 Å². The van der Waals surface area contributed by atoms with Crippen LogP contribution in [-0.4, -0.2) is 12.8 Å². The summed E-state index contributed by atoms with van der Waals surface area (Å²) in [5.74, 6) is 1.74. The lowest BCUT2D eigenvalue weighted by atomic mass is 10.1. The summed E-state index contributed by atoms with van der Waals surface area (Å²) in [6.45, 7) is 5.26. The van der Waals surface area contributed by atoms with Gasteiger partial charge in [0.05, 0.1) is 0 Å². The normalized spacial score (nSPS) is 12.2. The molecule has 0 bridgehead atoms. The fourth-order valence-corrected chi connectivity index (χ4v) is 2.44. The molecule has 1 unspecified atom stereocenters. The van der Waals surface area contributed by atoms with E-state index in [4.69, 9.17) is 4.74 Å². The van der Waals surface area contributed by atoms with E-state index in [2.05, 4.69) is 49.7 Å². The molecule has 106 valence electrons. The molecule has 2 aromatic carbocycles. The van der Waals surface area contributed by atoms with Gasteiger partial charge in [-0.05, 0) is 61.7 Å². The SMILES string of the molecule is CCNC(C)c1ccc(Oc2ccc(SC)cc2)cc1. The highest BCUT2D eigenvalue weighted by Crippen LogP contribution is 2.25. The molecule has 2 nitrogen and oxygen atoms in total. The maximum absolute atomic E-state index is 5.84. The second kappa shape index (κ2) is 7.36. The van der Waals surface area contributed by atoms with Gasteiger partial charge in [-0.25, -0.2) is 0 Å². The number of benzene rings is 2. The van der Waals surface area contributed by atoms with Crippen molar-refractivity contribution in [1.29, 1.82) is 0 Å². The van der Waals surface area contributed by atoms with Crippen molar-refractivity contribution >= 4 is 11.8 Å². The van der Waals surface area contributed by atoms with E-state index in [-0.39, 0.29) is 0 Å². The van der Waals surface area contributed by atoms with E-state index < -0.39 is 0 Å². The van der Waals surface area contributed by atoms with E-state index in [0.717, 1.165) is 18.0 Å². The van der Waals surface area contributed by atoms with E-state index in [9.17, 15) is 0 Å². The van der Waals surface area contributed by atoms with E-state index in [0.29, 0.717) is 6.04 Å². The zero-order valence-electron chi connectivity index (χ0n) is 12.2. The predicted molar refractivity (Wildman–Crippen MR) is 86.8 cm³/mol. The van der Waals surface area contributed by atoms with Crippen LogP contribution in [0, 0.1) is 0 Å². The molecule has 0 aromatic heterocycles. The Morgan fingerprint density at radius 2 is 1.55 bits per heavy atom. The summed E-state index contributed by atoms with van der Waals surface area (Å²) < 4.78 is 5.84. The highest BCUT2D eigenvalue weighted by Gasteiger charge is 2.04. The first kappa shape index (κ1) is 14.9.